The maximum Gasteiger partial charge on any atom is 0.469 e. The van der Waals surface area contributed by atoms with Gasteiger partial charge in [0.2, 0.25) is 5.95 Å². The number of nitrogens with two attached hydrogens (primary N) is 1. The van der Waals surface area contributed by atoms with E-state index in [1.165, 1.54) is 10.8 Å². The molecule has 1 saturated heterocycles. The maximum atomic E-state index is 11.4. The molecule has 2 rings (SSSR count). The van der Waals surface area contributed by atoms with E-state index in [1.54, 1.807) is 6.92 Å². The number of aromatic nitrogens is 2. The zero-order chi connectivity index (χ0) is 15.8. The Labute approximate surface area is 119 Å². The maximum absolute atomic E-state index is 11.4. The lowest BCUT2D eigenvalue weighted by Gasteiger charge is -2.17. The van der Waals surface area contributed by atoms with Gasteiger partial charge in [0, 0.05) is 18.2 Å². The van der Waals surface area contributed by atoms with Gasteiger partial charge in [0.1, 0.15) is 18.4 Å². The van der Waals surface area contributed by atoms with Crippen LogP contribution in [0.2, 0.25) is 0 Å². The number of ether oxygens (including phenoxy) is 1. The Morgan fingerprint density at radius 1 is 1.62 bits per heavy atom. The first-order valence-corrected chi connectivity index (χ1v) is 7.60. The highest BCUT2D eigenvalue weighted by atomic mass is 31.2. The van der Waals surface area contributed by atoms with Crippen LogP contribution in [-0.2, 0) is 13.8 Å². The molecule has 0 aromatic carbocycles. The molecule has 1 aliphatic rings. The molecule has 21 heavy (non-hydrogen) atoms. The van der Waals surface area contributed by atoms with Crippen LogP contribution < -0.4 is 11.3 Å². The zero-order valence-corrected chi connectivity index (χ0v) is 12.0. The Hall–Kier alpha value is -1.29. The van der Waals surface area contributed by atoms with Gasteiger partial charge in [-0.15, -0.1) is 0 Å². The van der Waals surface area contributed by atoms with E-state index in [0.717, 1.165) is 0 Å². The number of aryl methyl sites for hydroxylation is 1. The molecule has 5 N–H and O–H groups in total. The SMILES string of the molecule is Cc1cn([C@H]2CC(OP(=O)(O)O)[C@@H](CO)O2)c(N)nc1=O. The number of phosphoric acid groups is 1. The summed E-state index contributed by atoms with van der Waals surface area (Å²) in [6.07, 6.45) is -1.18. The second kappa shape index (κ2) is 5.84. The molecule has 11 heteroatoms. The first-order chi connectivity index (χ1) is 9.71. The van der Waals surface area contributed by atoms with E-state index in [2.05, 4.69) is 9.51 Å². The van der Waals surface area contributed by atoms with Crippen molar-refractivity contribution in [3.8, 4) is 0 Å². The Morgan fingerprint density at radius 3 is 2.86 bits per heavy atom. The highest BCUT2D eigenvalue weighted by molar-refractivity contribution is 7.46. The van der Waals surface area contributed by atoms with Gasteiger partial charge in [-0.1, -0.05) is 0 Å². The summed E-state index contributed by atoms with van der Waals surface area (Å²) >= 11 is 0. The van der Waals surface area contributed by atoms with Crippen LogP contribution in [0.5, 0.6) is 0 Å². The molecule has 1 aromatic heterocycles. The summed E-state index contributed by atoms with van der Waals surface area (Å²) in [4.78, 5) is 32.7. The van der Waals surface area contributed by atoms with Crippen LogP contribution in [0.1, 0.15) is 18.2 Å². The molecule has 0 aliphatic carbocycles. The molecule has 0 spiro atoms. The summed E-state index contributed by atoms with van der Waals surface area (Å²) in [5.74, 6) is -0.0934. The fraction of sp³-hybridized carbons (Fsp3) is 0.600. The largest absolute Gasteiger partial charge is 0.469 e. The van der Waals surface area contributed by atoms with Crippen molar-refractivity contribution in [3.05, 3.63) is 22.1 Å². The Kier molecular flexibility index (Phi) is 4.47. The molecule has 0 amide bonds. The number of anilines is 1. The van der Waals surface area contributed by atoms with Gasteiger partial charge in [-0.05, 0) is 6.92 Å². The molecule has 1 unspecified atom stereocenters. The number of hydrogen-bond donors (Lipinski definition) is 4. The third-order valence-corrected chi connectivity index (χ3v) is 3.64. The van der Waals surface area contributed by atoms with Crippen LogP contribution in [0, 0.1) is 6.92 Å². The molecule has 1 aromatic rings. The summed E-state index contributed by atoms with van der Waals surface area (Å²) in [5, 5.41) is 9.20. The lowest BCUT2D eigenvalue weighted by atomic mass is 10.2. The number of aliphatic hydroxyl groups excluding tert-OH is 1. The Bertz CT molecular complexity index is 628. The van der Waals surface area contributed by atoms with E-state index in [4.69, 9.17) is 20.3 Å². The molecular formula is C10H16N3O7P. The van der Waals surface area contributed by atoms with Crippen LogP contribution in [0.25, 0.3) is 0 Å². The van der Waals surface area contributed by atoms with E-state index in [1.807, 2.05) is 0 Å². The molecule has 0 saturated carbocycles. The number of nitrogens with zero attached hydrogens (tertiary/aromatic N) is 2. The Balaban J connectivity index is 2.25. The van der Waals surface area contributed by atoms with Crippen LogP contribution in [0.3, 0.4) is 0 Å². The van der Waals surface area contributed by atoms with Gasteiger partial charge in [0.15, 0.2) is 0 Å². The molecule has 118 valence electrons. The van der Waals surface area contributed by atoms with E-state index in [-0.39, 0.29) is 12.4 Å². The molecule has 1 fully saturated rings. The van der Waals surface area contributed by atoms with Gasteiger partial charge in [0.05, 0.1) is 6.61 Å². The van der Waals surface area contributed by atoms with E-state index >= 15 is 0 Å². The quantitative estimate of drug-likeness (QED) is 0.505. The monoisotopic (exact) mass is 321 g/mol. The lowest BCUT2D eigenvalue weighted by molar-refractivity contribution is -0.0434. The summed E-state index contributed by atoms with van der Waals surface area (Å²) in [7, 11) is -4.71. The van der Waals surface area contributed by atoms with E-state index in [9.17, 15) is 14.5 Å². The fourth-order valence-corrected chi connectivity index (χ4v) is 2.71. The molecule has 10 nitrogen and oxygen atoms in total. The molecule has 2 heterocycles. The second-order valence-corrected chi connectivity index (χ2v) is 5.87. The minimum absolute atomic E-state index is 0.0462. The number of nitrogen functional groups attached to an aromatic ring is 1. The first kappa shape index (κ1) is 16.1. The van der Waals surface area contributed by atoms with Crippen molar-refractivity contribution in [1.29, 1.82) is 0 Å². The van der Waals surface area contributed by atoms with Crippen LogP contribution in [0.4, 0.5) is 5.95 Å². The van der Waals surface area contributed by atoms with E-state index in [0.29, 0.717) is 5.56 Å². The smallest absolute Gasteiger partial charge is 0.394 e. The summed E-state index contributed by atoms with van der Waals surface area (Å²) in [6, 6.07) is 0. The van der Waals surface area contributed by atoms with Crippen molar-refractivity contribution in [2.24, 2.45) is 0 Å². The molecule has 1 aliphatic heterocycles. The normalized spacial score (nSPS) is 26.2. The molecule has 0 bridgehead atoms. The van der Waals surface area contributed by atoms with Gasteiger partial charge >= 0.3 is 7.82 Å². The van der Waals surface area contributed by atoms with Crippen molar-refractivity contribution >= 4 is 13.8 Å². The van der Waals surface area contributed by atoms with Gasteiger partial charge < -0.3 is 25.4 Å². The van der Waals surface area contributed by atoms with Gasteiger partial charge in [0.25, 0.3) is 5.56 Å². The zero-order valence-electron chi connectivity index (χ0n) is 11.1. The van der Waals surface area contributed by atoms with Gasteiger partial charge in [-0.25, -0.2) is 4.57 Å². The Morgan fingerprint density at radius 2 is 2.29 bits per heavy atom. The summed E-state index contributed by atoms with van der Waals surface area (Å²) < 4.78 is 22.3. The number of aliphatic hydroxyl groups is 1. The lowest BCUT2D eigenvalue weighted by Crippen LogP contribution is -2.27. The standard InChI is InChI=1S/C10H16N3O7P/c1-5-3-13(10(11)12-9(5)15)8-2-6(7(4-14)19-8)20-21(16,17)18/h3,6-8,14H,2,4H2,1H3,(H2,11,12,15)(H2,16,17,18)/t6?,7-,8-/m1/s1. The third-order valence-electron chi connectivity index (χ3n) is 3.09. The van der Waals surface area contributed by atoms with Crippen molar-refractivity contribution in [2.45, 2.75) is 31.8 Å². The first-order valence-electron chi connectivity index (χ1n) is 6.07. The average Bonchev–Trinajstić information content (AvgIpc) is 2.74. The van der Waals surface area contributed by atoms with Crippen LogP contribution >= 0.6 is 7.82 Å². The van der Waals surface area contributed by atoms with Crippen molar-refractivity contribution < 1.29 is 28.7 Å². The van der Waals surface area contributed by atoms with Crippen molar-refractivity contribution in [1.82, 2.24) is 9.55 Å². The summed E-state index contributed by atoms with van der Waals surface area (Å²) in [6.45, 7) is 1.07. The predicted molar refractivity (Wildman–Crippen MR) is 70.2 cm³/mol. The van der Waals surface area contributed by atoms with Gasteiger partial charge in [-0.2, -0.15) is 4.98 Å². The van der Waals surface area contributed by atoms with Crippen LogP contribution in [-0.4, -0.2) is 43.3 Å². The van der Waals surface area contributed by atoms with Gasteiger partial charge in [-0.3, -0.25) is 13.9 Å². The highest BCUT2D eigenvalue weighted by Crippen LogP contribution is 2.43. The topological polar surface area (TPSA) is 157 Å². The molecule has 0 radical (unpaired) electrons. The van der Waals surface area contributed by atoms with Crippen molar-refractivity contribution in [3.63, 3.8) is 0 Å². The molecule has 3 atom stereocenters. The van der Waals surface area contributed by atoms with E-state index < -0.39 is 38.4 Å². The number of rotatable bonds is 4. The second-order valence-electron chi connectivity index (χ2n) is 4.68. The number of hydrogen-bond acceptors (Lipinski definition) is 7. The van der Waals surface area contributed by atoms with Crippen LogP contribution in [0.15, 0.2) is 11.0 Å². The molecular weight excluding hydrogens is 305 g/mol. The minimum Gasteiger partial charge on any atom is -0.394 e. The number of phosphoric ester groups is 1. The minimum atomic E-state index is -4.71. The highest BCUT2D eigenvalue weighted by Gasteiger charge is 2.40. The average molecular weight is 321 g/mol. The third kappa shape index (κ3) is 3.67. The summed E-state index contributed by atoms with van der Waals surface area (Å²) in [5.41, 5.74) is 5.52. The van der Waals surface area contributed by atoms with Crippen molar-refractivity contribution in [2.75, 3.05) is 12.3 Å². The predicted octanol–water partition coefficient (Wildman–Crippen LogP) is -1.11. The fourth-order valence-electron chi connectivity index (χ4n) is 2.13.